The van der Waals surface area contributed by atoms with E-state index in [4.69, 9.17) is 4.74 Å². The minimum atomic E-state index is -0.925. The fourth-order valence-electron chi connectivity index (χ4n) is 2.42. The van der Waals surface area contributed by atoms with Crippen LogP contribution in [0.5, 0.6) is 5.75 Å². The summed E-state index contributed by atoms with van der Waals surface area (Å²) in [5.74, 6) is 0.791. The highest BCUT2D eigenvalue weighted by molar-refractivity contribution is 5.31. The van der Waals surface area contributed by atoms with Crippen molar-refractivity contribution in [2.24, 2.45) is 0 Å². The van der Waals surface area contributed by atoms with Crippen molar-refractivity contribution in [2.45, 2.75) is 39.3 Å². The average Bonchev–Trinajstić information content (AvgIpc) is 2.78. The van der Waals surface area contributed by atoms with E-state index < -0.39 is 5.60 Å². The quantitative estimate of drug-likeness (QED) is 0.912. The standard InChI is InChI=1S/C16H22N2O2/c1-5-18-14(10-12(2)17-18)11-16(3,19)13-6-8-15(20-4)9-7-13/h6-10,19H,5,11H2,1-4H3. The Bertz CT molecular complexity index is 571. The molecule has 1 atom stereocenters. The predicted molar refractivity (Wildman–Crippen MR) is 78.9 cm³/mol. The van der Waals surface area contributed by atoms with Gasteiger partial charge in [0.05, 0.1) is 18.4 Å². The normalized spacial score (nSPS) is 14.1. The Morgan fingerprint density at radius 3 is 2.50 bits per heavy atom. The molecule has 2 aromatic rings. The van der Waals surface area contributed by atoms with Gasteiger partial charge in [0.2, 0.25) is 0 Å². The second kappa shape index (κ2) is 5.67. The number of ether oxygens (including phenoxy) is 1. The van der Waals surface area contributed by atoms with E-state index in [1.807, 2.05) is 48.9 Å². The van der Waals surface area contributed by atoms with Crippen LogP contribution in [0.3, 0.4) is 0 Å². The first-order valence-corrected chi connectivity index (χ1v) is 6.86. The number of aliphatic hydroxyl groups is 1. The largest absolute Gasteiger partial charge is 0.497 e. The zero-order chi connectivity index (χ0) is 14.8. The monoisotopic (exact) mass is 274 g/mol. The molecule has 0 saturated carbocycles. The van der Waals surface area contributed by atoms with Gasteiger partial charge < -0.3 is 9.84 Å². The summed E-state index contributed by atoms with van der Waals surface area (Å²) in [5, 5.41) is 15.2. The number of hydrogen-bond donors (Lipinski definition) is 1. The molecule has 20 heavy (non-hydrogen) atoms. The van der Waals surface area contributed by atoms with Crippen molar-refractivity contribution in [3.63, 3.8) is 0 Å². The Balaban J connectivity index is 2.24. The predicted octanol–water partition coefficient (Wildman–Crippen LogP) is 2.67. The van der Waals surface area contributed by atoms with Crippen molar-refractivity contribution in [3.05, 3.63) is 47.3 Å². The number of hydrogen-bond acceptors (Lipinski definition) is 3. The summed E-state index contributed by atoms with van der Waals surface area (Å²) in [6, 6.07) is 9.57. The maximum absolute atomic E-state index is 10.8. The lowest BCUT2D eigenvalue weighted by atomic mass is 9.91. The lowest BCUT2D eigenvalue weighted by molar-refractivity contribution is 0.0553. The molecule has 0 fully saturated rings. The van der Waals surface area contributed by atoms with E-state index in [1.165, 1.54) is 0 Å². The van der Waals surface area contributed by atoms with Crippen LogP contribution >= 0.6 is 0 Å². The van der Waals surface area contributed by atoms with Gasteiger partial charge in [-0.25, -0.2) is 0 Å². The van der Waals surface area contributed by atoms with E-state index >= 15 is 0 Å². The molecule has 0 radical (unpaired) electrons. The second-order valence-corrected chi connectivity index (χ2v) is 5.27. The van der Waals surface area contributed by atoms with Gasteiger partial charge in [0.15, 0.2) is 0 Å². The highest BCUT2D eigenvalue weighted by atomic mass is 16.5. The Morgan fingerprint density at radius 2 is 1.95 bits per heavy atom. The fraction of sp³-hybridized carbons (Fsp3) is 0.438. The van der Waals surface area contributed by atoms with Crippen LogP contribution in [0.25, 0.3) is 0 Å². The van der Waals surface area contributed by atoms with Gasteiger partial charge in [-0.05, 0) is 44.5 Å². The summed E-state index contributed by atoms with van der Waals surface area (Å²) in [6.45, 7) is 6.66. The Hall–Kier alpha value is -1.81. The van der Waals surface area contributed by atoms with Crippen LogP contribution in [0.15, 0.2) is 30.3 Å². The molecule has 1 N–H and O–H groups in total. The molecule has 108 valence electrons. The highest BCUT2D eigenvalue weighted by Crippen LogP contribution is 2.27. The Morgan fingerprint density at radius 1 is 1.30 bits per heavy atom. The summed E-state index contributed by atoms with van der Waals surface area (Å²) in [5.41, 5.74) is 1.98. The third kappa shape index (κ3) is 3.02. The fourth-order valence-corrected chi connectivity index (χ4v) is 2.42. The number of aromatic nitrogens is 2. The Labute approximate surface area is 120 Å². The Kier molecular flexibility index (Phi) is 4.14. The SMILES string of the molecule is CCn1nc(C)cc1CC(C)(O)c1ccc(OC)cc1. The molecule has 4 nitrogen and oxygen atoms in total. The van der Waals surface area contributed by atoms with Crippen LogP contribution in [-0.2, 0) is 18.6 Å². The molecule has 1 aromatic heterocycles. The topological polar surface area (TPSA) is 47.3 Å². The molecule has 1 unspecified atom stereocenters. The number of methoxy groups -OCH3 is 1. The smallest absolute Gasteiger partial charge is 0.118 e. The van der Waals surface area contributed by atoms with E-state index in [1.54, 1.807) is 7.11 Å². The summed E-state index contributed by atoms with van der Waals surface area (Å²) in [6.07, 6.45) is 0.536. The first-order chi connectivity index (χ1) is 9.46. The van der Waals surface area contributed by atoms with E-state index in [-0.39, 0.29) is 0 Å². The lowest BCUT2D eigenvalue weighted by Crippen LogP contribution is -2.25. The summed E-state index contributed by atoms with van der Waals surface area (Å²) >= 11 is 0. The molecule has 0 aliphatic heterocycles. The van der Waals surface area contributed by atoms with Gasteiger partial charge in [0, 0.05) is 18.7 Å². The van der Waals surface area contributed by atoms with Crippen LogP contribution in [-0.4, -0.2) is 22.0 Å². The van der Waals surface area contributed by atoms with Crippen LogP contribution < -0.4 is 4.74 Å². The van der Waals surface area contributed by atoms with Gasteiger partial charge in [0.25, 0.3) is 0 Å². The molecule has 0 aliphatic carbocycles. The molecule has 0 spiro atoms. The molecule has 1 aromatic carbocycles. The van der Waals surface area contributed by atoms with Gasteiger partial charge in [-0.3, -0.25) is 4.68 Å². The van der Waals surface area contributed by atoms with E-state index in [0.717, 1.165) is 29.2 Å². The molecule has 4 heteroatoms. The van der Waals surface area contributed by atoms with Crippen LogP contribution in [0.4, 0.5) is 0 Å². The molecule has 0 aliphatic rings. The van der Waals surface area contributed by atoms with Crippen molar-refractivity contribution in [1.29, 1.82) is 0 Å². The number of rotatable bonds is 5. The molecular weight excluding hydrogens is 252 g/mol. The zero-order valence-electron chi connectivity index (χ0n) is 12.6. The van der Waals surface area contributed by atoms with Crippen molar-refractivity contribution in [2.75, 3.05) is 7.11 Å². The van der Waals surface area contributed by atoms with Crippen molar-refractivity contribution >= 4 is 0 Å². The van der Waals surface area contributed by atoms with E-state index in [9.17, 15) is 5.11 Å². The number of nitrogens with zero attached hydrogens (tertiary/aromatic N) is 2. The summed E-state index contributed by atoms with van der Waals surface area (Å²) < 4.78 is 7.08. The molecule has 0 saturated heterocycles. The van der Waals surface area contributed by atoms with Gasteiger partial charge in [-0.2, -0.15) is 5.10 Å². The number of benzene rings is 1. The summed E-state index contributed by atoms with van der Waals surface area (Å²) in [4.78, 5) is 0. The van der Waals surface area contributed by atoms with Crippen molar-refractivity contribution < 1.29 is 9.84 Å². The molecule has 0 bridgehead atoms. The maximum Gasteiger partial charge on any atom is 0.118 e. The minimum Gasteiger partial charge on any atom is -0.497 e. The van der Waals surface area contributed by atoms with Crippen LogP contribution in [0.2, 0.25) is 0 Å². The van der Waals surface area contributed by atoms with Gasteiger partial charge >= 0.3 is 0 Å². The van der Waals surface area contributed by atoms with Crippen molar-refractivity contribution in [3.8, 4) is 5.75 Å². The maximum atomic E-state index is 10.8. The molecular formula is C16H22N2O2. The lowest BCUT2D eigenvalue weighted by Gasteiger charge is -2.24. The zero-order valence-corrected chi connectivity index (χ0v) is 12.6. The average molecular weight is 274 g/mol. The minimum absolute atomic E-state index is 0.536. The van der Waals surface area contributed by atoms with Crippen LogP contribution in [0.1, 0.15) is 30.8 Å². The first-order valence-electron chi connectivity index (χ1n) is 6.86. The van der Waals surface area contributed by atoms with E-state index in [0.29, 0.717) is 6.42 Å². The van der Waals surface area contributed by atoms with Gasteiger partial charge in [0.1, 0.15) is 5.75 Å². The van der Waals surface area contributed by atoms with Gasteiger partial charge in [-0.15, -0.1) is 0 Å². The first kappa shape index (κ1) is 14.6. The molecule has 1 heterocycles. The van der Waals surface area contributed by atoms with E-state index in [2.05, 4.69) is 12.0 Å². The molecule has 0 amide bonds. The van der Waals surface area contributed by atoms with Crippen LogP contribution in [0, 0.1) is 6.92 Å². The summed E-state index contributed by atoms with van der Waals surface area (Å²) in [7, 11) is 1.63. The van der Waals surface area contributed by atoms with Crippen molar-refractivity contribution in [1.82, 2.24) is 9.78 Å². The van der Waals surface area contributed by atoms with Gasteiger partial charge in [-0.1, -0.05) is 12.1 Å². The number of aryl methyl sites for hydroxylation is 2. The molecule has 2 rings (SSSR count). The second-order valence-electron chi connectivity index (χ2n) is 5.27. The third-order valence-corrected chi connectivity index (χ3v) is 3.52. The third-order valence-electron chi connectivity index (χ3n) is 3.52. The highest BCUT2D eigenvalue weighted by Gasteiger charge is 2.25.